The second-order valence-electron chi connectivity index (χ2n) is 27.9. The Morgan fingerprint density at radius 1 is 0.229 bits per heavy atom. The summed E-state index contributed by atoms with van der Waals surface area (Å²) in [6, 6.07) is 145. The van der Waals surface area contributed by atoms with E-state index in [-0.39, 0.29) is 5.41 Å². The van der Waals surface area contributed by atoms with E-state index in [1.807, 2.05) is 0 Å². The van der Waals surface area contributed by atoms with E-state index in [1.54, 1.807) is 0 Å². The molecule has 0 bridgehead atoms. The van der Waals surface area contributed by atoms with Crippen LogP contribution in [0.5, 0.6) is 0 Å². The first-order valence-electron chi connectivity index (χ1n) is 36.3. The lowest BCUT2D eigenvalue weighted by atomic mass is 9.79. The van der Waals surface area contributed by atoms with Gasteiger partial charge in [-0.25, -0.2) is 0 Å². The maximum absolute atomic E-state index is 2.50. The molecular weight excluding hydrogens is 1270 g/mol. The van der Waals surface area contributed by atoms with Gasteiger partial charge in [0.1, 0.15) is 0 Å². The minimum absolute atomic E-state index is 0.129. The van der Waals surface area contributed by atoms with Crippen molar-refractivity contribution in [3.8, 4) is 67.0 Å². The van der Waals surface area contributed by atoms with Gasteiger partial charge in [-0.3, -0.25) is 0 Å². The molecule has 2 heterocycles. The molecular formula is C101H72N4. The second kappa shape index (κ2) is 26.1. The predicted molar refractivity (Wildman–Crippen MR) is 445 cm³/mol. The molecule has 2 aromatic heterocycles. The maximum atomic E-state index is 2.50. The zero-order chi connectivity index (χ0) is 70.0. The molecule has 0 N–H and O–H groups in total. The van der Waals surface area contributed by atoms with Crippen molar-refractivity contribution < 1.29 is 0 Å². The Morgan fingerprint density at radius 2 is 0.562 bits per heavy atom. The Morgan fingerprint density at radius 3 is 1.04 bits per heavy atom. The lowest BCUT2D eigenvalue weighted by Gasteiger charge is -2.26. The summed E-state index contributed by atoms with van der Waals surface area (Å²) in [6.45, 7) is 4.80. The van der Waals surface area contributed by atoms with Gasteiger partial charge in [0.2, 0.25) is 0 Å². The van der Waals surface area contributed by atoms with Crippen LogP contribution in [-0.2, 0) is 5.41 Å². The molecule has 4 heteroatoms. The first kappa shape index (κ1) is 62.5. The topological polar surface area (TPSA) is 16.3 Å². The van der Waals surface area contributed by atoms with E-state index in [0.29, 0.717) is 0 Å². The normalized spacial score (nSPS) is 12.2. The molecule has 4 nitrogen and oxygen atoms in total. The van der Waals surface area contributed by atoms with Crippen molar-refractivity contribution in [2.75, 3.05) is 9.80 Å². The number of fused-ring (bicyclic) bond motifs is 15. The highest BCUT2D eigenvalue weighted by atomic mass is 15.1. The molecule has 0 amide bonds. The van der Waals surface area contributed by atoms with Crippen LogP contribution in [0.25, 0.3) is 132 Å². The standard InChI is InChI=1S/C52H36N2.C49H36N2/c1-3-11-37(12-4-1)39-19-28-44(29-20-39)53(45-30-21-40(22-31-45)38-13-5-2-6-14-38)46-32-23-41(24-33-46)42-25-34-47(35-26-42)54-50-18-10-9-17-49(50)52-48-16-8-7-15-43(48)27-36-51(52)54;1-49(2)43-23-13-11-21-41(43)45-39-19-9-10-20-40(39)48-46(47(45)49)42-22-12-14-24-44(42)51(48)38-31-27-34(28-32-38)33-25-29-37(30-26-33)50(35-15-5-3-6-16-35)36-17-7-4-8-18-36/h1-36H;3-32H,1-2H3. The van der Waals surface area contributed by atoms with E-state index in [2.05, 4.69) is 433 Å². The molecule has 0 saturated heterocycles. The Labute approximate surface area is 612 Å². The first-order valence-corrected chi connectivity index (χ1v) is 36.3. The van der Waals surface area contributed by atoms with Crippen LogP contribution in [0, 0.1) is 0 Å². The second-order valence-corrected chi connectivity index (χ2v) is 27.9. The molecule has 0 fully saturated rings. The van der Waals surface area contributed by atoms with Gasteiger partial charge in [0.15, 0.2) is 0 Å². The minimum Gasteiger partial charge on any atom is -0.311 e. The number of aromatic nitrogens is 2. The zero-order valence-electron chi connectivity index (χ0n) is 58.4. The third-order valence-corrected chi connectivity index (χ3v) is 21.5. The molecule has 0 spiro atoms. The van der Waals surface area contributed by atoms with E-state index in [0.717, 1.165) is 39.8 Å². The molecule has 0 radical (unpaired) electrons. The lowest BCUT2D eigenvalue weighted by molar-refractivity contribution is 0.667. The van der Waals surface area contributed by atoms with Crippen LogP contribution in [0.1, 0.15) is 25.0 Å². The molecule has 496 valence electrons. The quantitative estimate of drug-likeness (QED) is 0.121. The molecule has 1 aliphatic rings. The number of hydrogen-bond donors (Lipinski definition) is 0. The molecule has 19 aromatic rings. The largest absolute Gasteiger partial charge is 0.311 e. The summed E-state index contributed by atoms with van der Waals surface area (Å²) in [6.07, 6.45) is 0. The third kappa shape index (κ3) is 10.9. The smallest absolute Gasteiger partial charge is 0.0623 e. The van der Waals surface area contributed by atoms with E-state index >= 15 is 0 Å². The summed E-state index contributed by atoms with van der Waals surface area (Å²) in [7, 11) is 0. The van der Waals surface area contributed by atoms with E-state index in [1.165, 1.54) is 138 Å². The zero-order valence-corrected chi connectivity index (χ0v) is 58.4. The monoisotopic (exact) mass is 1340 g/mol. The molecule has 17 aromatic carbocycles. The molecule has 20 rings (SSSR count). The lowest BCUT2D eigenvalue weighted by Crippen LogP contribution is -2.15. The molecule has 0 saturated carbocycles. The fraction of sp³-hybridized carbons (Fsp3) is 0.0297. The Kier molecular flexibility index (Phi) is 15.5. The van der Waals surface area contributed by atoms with Gasteiger partial charge >= 0.3 is 0 Å². The molecule has 0 unspecified atom stereocenters. The van der Waals surface area contributed by atoms with Crippen LogP contribution in [0.15, 0.2) is 400 Å². The van der Waals surface area contributed by atoms with E-state index in [4.69, 9.17) is 0 Å². The number of para-hydroxylation sites is 4. The number of nitrogens with zero attached hydrogens (tertiary/aromatic N) is 4. The van der Waals surface area contributed by atoms with E-state index < -0.39 is 0 Å². The van der Waals surface area contributed by atoms with Crippen molar-refractivity contribution in [3.63, 3.8) is 0 Å². The highest BCUT2D eigenvalue weighted by molar-refractivity contribution is 6.26. The van der Waals surface area contributed by atoms with Gasteiger partial charge in [0, 0.05) is 77.8 Å². The first-order chi connectivity index (χ1) is 51.9. The Bertz CT molecular complexity index is 6280. The van der Waals surface area contributed by atoms with Crippen LogP contribution >= 0.6 is 0 Å². The van der Waals surface area contributed by atoms with Gasteiger partial charge in [0.05, 0.1) is 22.1 Å². The van der Waals surface area contributed by atoms with Gasteiger partial charge in [-0.1, -0.05) is 299 Å². The van der Waals surface area contributed by atoms with Gasteiger partial charge in [0.25, 0.3) is 0 Å². The average Bonchev–Trinajstić information content (AvgIpc) is 1.52. The van der Waals surface area contributed by atoms with Crippen molar-refractivity contribution in [3.05, 3.63) is 412 Å². The summed E-state index contributed by atoms with van der Waals surface area (Å²) < 4.78 is 4.89. The summed E-state index contributed by atoms with van der Waals surface area (Å²) in [5.41, 5.74) is 29.0. The maximum Gasteiger partial charge on any atom is 0.0623 e. The number of benzene rings is 17. The highest BCUT2D eigenvalue weighted by Gasteiger charge is 2.40. The van der Waals surface area contributed by atoms with Crippen molar-refractivity contribution in [2.24, 2.45) is 0 Å². The molecule has 0 aliphatic heterocycles. The van der Waals surface area contributed by atoms with Gasteiger partial charge in [-0.2, -0.15) is 0 Å². The Balaban J connectivity index is 0.000000144. The number of rotatable bonds is 12. The summed E-state index contributed by atoms with van der Waals surface area (Å²) in [5, 5.41) is 10.4. The Hall–Kier alpha value is -13.5. The van der Waals surface area contributed by atoms with Crippen molar-refractivity contribution in [1.82, 2.24) is 9.13 Å². The SMILES string of the molecule is CC1(C)c2ccccc2-c2c1c1c3ccccc3n(-c3ccc(-c4ccc(N(c5ccccc5)c5ccccc5)cc4)cc3)c1c1ccccc21.c1ccc(-c2ccc(N(c3ccc(-c4ccccc4)cc3)c3ccc(-c4ccc(-n5c6ccccc6c6c7ccccc7ccc65)cc4)cc3)cc2)cc1. The molecule has 1 aliphatic carbocycles. The van der Waals surface area contributed by atoms with Crippen LogP contribution in [0.4, 0.5) is 34.1 Å². The van der Waals surface area contributed by atoms with Gasteiger partial charge < -0.3 is 18.9 Å². The van der Waals surface area contributed by atoms with Gasteiger partial charge in [-0.05, 0) is 198 Å². The molecule has 0 atom stereocenters. The highest BCUT2D eigenvalue weighted by Crippen LogP contribution is 2.57. The predicted octanol–water partition coefficient (Wildman–Crippen LogP) is 27.8. The van der Waals surface area contributed by atoms with E-state index in [9.17, 15) is 0 Å². The van der Waals surface area contributed by atoms with Crippen LogP contribution in [0.3, 0.4) is 0 Å². The fourth-order valence-corrected chi connectivity index (χ4v) is 16.6. The average molecular weight is 1340 g/mol. The van der Waals surface area contributed by atoms with Crippen molar-refractivity contribution in [2.45, 2.75) is 19.3 Å². The number of hydrogen-bond acceptors (Lipinski definition) is 2. The molecule has 105 heavy (non-hydrogen) atoms. The van der Waals surface area contributed by atoms with Crippen molar-refractivity contribution in [1.29, 1.82) is 0 Å². The summed E-state index contributed by atoms with van der Waals surface area (Å²) >= 11 is 0. The summed E-state index contributed by atoms with van der Waals surface area (Å²) in [4.78, 5) is 4.64. The van der Waals surface area contributed by atoms with Crippen LogP contribution in [0.2, 0.25) is 0 Å². The van der Waals surface area contributed by atoms with Crippen LogP contribution < -0.4 is 9.80 Å². The van der Waals surface area contributed by atoms with Crippen LogP contribution in [-0.4, -0.2) is 9.13 Å². The third-order valence-electron chi connectivity index (χ3n) is 21.5. The number of anilines is 6. The summed E-state index contributed by atoms with van der Waals surface area (Å²) in [5.74, 6) is 0. The van der Waals surface area contributed by atoms with Crippen molar-refractivity contribution >= 4 is 99.3 Å². The minimum atomic E-state index is -0.129. The fourth-order valence-electron chi connectivity index (χ4n) is 16.6. The van der Waals surface area contributed by atoms with Gasteiger partial charge in [-0.15, -0.1) is 0 Å².